The molecule has 2 atom stereocenters. The molecule has 0 aliphatic carbocycles. The van der Waals surface area contributed by atoms with Crippen LogP contribution in [0.25, 0.3) is 0 Å². The van der Waals surface area contributed by atoms with Crippen molar-refractivity contribution in [1.29, 1.82) is 0 Å². The summed E-state index contributed by atoms with van der Waals surface area (Å²) in [6, 6.07) is 20.1. The number of halogens is 3. The summed E-state index contributed by atoms with van der Waals surface area (Å²) in [4.78, 5) is 33.1. The summed E-state index contributed by atoms with van der Waals surface area (Å²) in [6.07, 6.45) is -0.771. The summed E-state index contributed by atoms with van der Waals surface area (Å²) in [5.74, 6) is -0.463. The maximum Gasteiger partial charge on any atom is 0.261 e. The fourth-order valence-electron chi connectivity index (χ4n) is 4.00. The van der Waals surface area contributed by atoms with Crippen molar-refractivity contribution in [2.75, 3.05) is 13.2 Å². The highest BCUT2D eigenvalue weighted by Gasteiger charge is 2.38. The maximum atomic E-state index is 13.1. The number of hydrogen-bond acceptors (Lipinski definition) is 6. The molecule has 1 aliphatic rings. The molecule has 0 bridgehead atoms. The van der Waals surface area contributed by atoms with Gasteiger partial charge in [-0.2, -0.15) is 0 Å². The van der Waals surface area contributed by atoms with Gasteiger partial charge < -0.3 is 24.9 Å². The molecular weight excluding hydrogens is 565 g/mol. The molecule has 8 nitrogen and oxygen atoms in total. The van der Waals surface area contributed by atoms with E-state index in [-0.39, 0.29) is 32.6 Å². The van der Waals surface area contributed by atoms with Crippen molar-refractivity contribution in [1.82, 2.24) is 10.2 Å². The first-order valence-electron chi connectivity index (χ1n) is 12.1. The normalized spacial score (nSPS) is 16.7. The number of carbonyl (C=O) groups is 2. The molecule has 0 saturated carbocycles. The molecular formula is C28H26Cl3N3O5. The number of hydrogen-bond donors (Lipinski definition) is 2. The number of benzene rings is 3. The van der Waals surface area contributed by atoms with Crippen molar-refractivity contribution in [2.24, 2.45) is 5.16 Å². The van der Waals surface area contributed by atoms with E-state index in [0.717, 1.165) is 11.1 Å². The van der Waals surface area contributed by atoms with Crippen LogP contribution in [0, 0.1) is 0 Å². The van der Waals surface area contributed by atoms with E-state index in [1.165, 1.54) is 4.90 Å². The summed E-state index contributed by atoms with van der Waals surface area (Å²) in [7, 11) is 0. The van der Waals surface area contributed by atoms with E-state index in [1.807, 2.05) is 30.3 Å². The number of carbonyl (C=O) groups excluding carboxylic acids is 2. The van der Waals surface area contributed by atoms with Crippen LogP contribution in [0.15, 0.2) is 78.0 Å². The zero-order chi connectivity index (χ0) is 27.8. The van der Waals surface area contributed by atoms with Gasteiger partial charge in [0.15, 0.2) is 6.61 Å². The minimum atomic E-state index is -1.13. The Morgan fingerprint density at radius 1 is 1.00 bits per heavy atom. The highest BCUT2D eigenvalue weighted by molar-refractivity contribution is 6.42. The van der Waals surface area contributed by atoms with E-state index in [9.17, 15) is 14.7 Å². The molecule has 204 valence electrons. The molecule has 1 fully saturated rings. The minimum absolute atomic E-state index is 0.0665. The second-order valence-electron chi connectivity index (χ2n) is 8.88. The first-order chi connectivity index (χ1) is 18.8. The molecule has 39 heavy (non-hydrogen) atoms. The molecule has 0 radical (unpaired) electrons. The van der Waals surface area contributed by atoms with E-state index in [2.05, 4.69) is 10.5 Å². The van der Waals surface area contributed by atoms with E-state index < -0.39 is 24.1 Å². The van der Waals surface area contributed by atoms with Crippen LogP contribution in [0.1, 0.15) is 17.5 Å². The molecule has 3 aromatic carbocycles. The Balaban J connectivity index is 1.41. The molecule has 0 spiro atoms. The summed E-state index contributed by atoms with van der Waals surface area (Å²) in [6.45, 7) is -0.104. The van der Waals surface area contributed by atoms with Crippen LogP contribution in [0.5, 0.6) is 5.75 Å². The number of aliphatic hydroxyl groups is 1. The second kappa shape index (κ2) is 13.7. The summed E-state index contributed by atoms with van der Waals surface area (Å²) < 4.78 is 5.59. The maximum absolute atomic E-state index is 13.1. The Bertz CT molecular complexity index is 1320. The molecule has 11 heteroatoms. The van der Waals surface area contributed by atoms with Gasteiger partial charge in [0, 0.05) is 17.9 Å². The highest BCUT2D eigenvalue weighted by atomic mass is 35.5. The smallest absolute Gasteiger partial charge is 0.261 e. The van der Waals surface area contributed by atoms with Crippen molar-refractivity contribution < 1.29 is 24.3 Å². The van der Waals surface area contributed by atoms with Gasteiger partial charge in [0.05, 0.1) is 22.3 Å². The average Bonchev–Trinajstić information content (AvgIpc) is 3.35. The predicted octanol–water partition coefficient (Wildman–Crippen LogP) is 4.88. The molecule has 0 unspecified atom stereocenters. The monoisotopic (exact) mass is 589 g/mol. The first kappa shape index (κ1) is 28.7. The lowest BCUT2D eigenvalue weighted by Gasteiger charge is -2.24. The van der Waals surface area contributed by atoms with Crippen LogP contribution in [0.2, 0.25) is 15.1 Å². The Labute approximate surface area is 241 Å². The largest absolute Gasteiger partial charge is 0.484 e. The second-order valence-corrected chi connectivity index (χ2v) is 10.1. The van der Waals surface area contributed by atoms with Gasteiger partial charge in [-0.15, -0.1) is 0 Å². The molecule has 4 rings (SSSR count). The quantitative estimate of drug-likeness (QED) is 0.259. The molecule has 3 aromatic rings. The third kappa shape index (κ3) is 8.34. The SMILES string of the molecule is O=C(N[C@H](O)Cc1ccccc1)[C@@H]1CC(=NOCc2ccc(Cl)c(Cl)c2)CN1C(=O)COc1ccc(Cl)cc1. The van der Waals surface area contributed by atoms with Crippen molar-refractivity contribution in [3.63, 3.8) is 0 Å². The van der Waals surface area contributed by atoms with Crippen LogP contribution in [0.3, 0.4) is 0 Å². The molecule has 0 aromatic heterocycles. The Kier molecular flexibility index (Phi) is 10.1. The number of nitrogens with one attached hydrogen (secondary N) is 1. The van der Waals surface area contributed by atoms with Gasteiger partial charge in [-0.25, -0.2) is 0 Å². The number of amides is 2. The Morgan fingerprint density at radius 2 is 1.74 bits per heavy atom. The van der Waals surface area contributed by atoms with E-state index in [0.29, 0.717) is 26.5 Å². The summed E-state index contributed by atoms with van der Waals surface area (Å²) in [5, 5.41) is 18.6. The molecule has 1 aliphatic heterocycles. The van der Waals surface area contributed by atoms with Crippen molar-refractivity contribution in [3.05, 3.63) is 99.0 Å². The fourth-order valence-corrected chi connectivity index (χ4v) is 4.45. The Morgan fingerprint density at radius 3 is 2.46 bits per heavy atom. The van der Waals surface area contributed by atoms with Gasteiger partial charge >= 0.3 is 0 Å². The fraction of sp³-hybridized carbons (Fsp3) is 0.250. The van der Waals surface area contributed by atoms with Crippen molar-refractivity contribution in [3.8, 4) is 5.75 Å². The van der Waals surface area contributed by atoms with Crippen LogP contribution in [-0.4, -0.2) is 53.0 Å². The zero-order valence-electron chi connectivity index (χ0n) is 20.7. The van der Waals surface area contributed by atoms with Crippen LogP contribution < -0.4 is 10.1 Å². The van der Waals surface area contributed by atoms with Gasteiger partial charge in [-0.05, 0) is 47.5 Å². The van der Waals surface area contributed by atoms with Crippen molar-refractivity contribution in [2.45, 2.75) is 31.7 Å². The number of nitrogens with zero attached hydrogens (tertiary/aromatic N) is 2. The zero-order valence-corrected chi connectivity index (χ0v) is 23.0. The number of likely N-dealkylation sites (tertiary alicyclic amines) is 1. The van der Waals surface area contributed by atoms with Gasteiger partial charge in [0.25, 0.3) is 5.91 Å². The third-order valence-corrected chi connectivity index (χ3v) is 6.94. The lowest BCUT2D eigenvalue weighted by Crippen LogP contribution is -2.50. The standard InChI is InChI=1S/C28H26Cl3N3O5/c29-20-7-9-22(10-8-20)38-17-27(36)34-15-21(33-39-16-19-6-11-23(30)24(31)12-19)14-25(34)28(37)32-26(35)13-18-4-2-1-3-5-18/h1-12,25-26,35H,13-17H2,(H,32,37)/t25-,26+/m0/s1. The summed E-state index contributed by atoms with van der Waals surface area (Å²) >= 11 is 17.9. The average molecular weight is 591 g/mol. The number of ether oxygens (including phenoxy) is 1. The van der Waals surface area contributed by atoms with Gasteiger partial charge in [-0.1, -0.05) is 76.4 Å². The van der Waals surface area contributed by atoms with Crippen LogP contribution in [0.4, 0.5) is 0 Å². The highest BCUT2D eigenvalue weighted by Crippen LogP contribution is 2.23. The van der Waals surface area contributed by atoms with E-state index in [4.69, 9.17) is 44.4 Å². The van der Waals surface area contributed by atoms with Gasteiger partial charge in [0.1, 0.15) is 24.6 Å². The predicted molar refractivity (Wildman–Crippen MR) is 150 cm³/mol. The molecule has 2 N–H and O–H groups in total. The number of aliphatic hydroxyl groups excluding tert-OH is 1. The number of rotatable bonds is 10. The number of oxime groups is 1. The first-order valence-corrected chi connectivity index (χ1v) is 13.2. The lowest BCUT2D eigenvalue weighted by molar-refractivity contribution is -0.141. The van der Waals surface area contributed by atoms with Crippen molar-refractivity contribution >= 4 is 52.3 Å². The molecule has 1 saturated heterocycles. The summed E-state index contributed by atoms with van der Waals surface area (Å²) in [5.41, 5.74) is 2.11. The topological polar surface area (TPSA) is 100 Å². The van der Waals surface area contributed by atoms with Crippen LogP contribution >= 0.6 is 34.8 Å². The van der Waals surface area contributed by atoms with Gasteiger partial charge in [0.2, 0.25) is 5.91 Å². The minimum Gasteiger partial charge on any atom is -0.484 e. The van der Waals surface area contributed by atoms with Gasteiger partial charge in [-0.3, -0.25) is 9.59 Å². The molecule has 2 amide bonds. The van der Waals surface area contributed by atoms with Crippen LogP contribution in [-0.2, 0) is 27.5 Å². The molecule has 1 heterocycles. The van der Waals surface area contributed by atoms with E-state index >= 15 is 0 Å². The van der Waals surface area contributed by atoms with E-state index in [1.54, 1.807) is 42.5 Å². The third-order valence-electron chi connectivity index (χ3n) is 5.95. The Hall–Kier alpha value is -3.30. The lowest BCUT2D eigenvalue weighted by atomic mass is 10.1.